The van der Waals surface area contributed by atoms with Crippen LogP contribution in [0.15, 0.2) is 11.6 Å². The van der Waals surface area contributed by atoms with Crippen molar-refractivity contribution in [3.63, 3.8) is 0 Å². The van der Waals surface area contributed by atoms with Gasteiger partial charge in [0.05, 0.1) is 6.42 Å². The van der Waals surface area contributed by atoms with E-state index in [1.165, 1.54) is 25.7 Å². The van der Waals surface area contributed by atoms with Crippen molar-refractivity contribution in [3.05, 3.63) is 11.6 Å². The van der Waals surface area contributed by atoms with E-state index in [0.717, 1.165) is 25.9 Å². The largest absolute Gasteiger partial charge is 0.481 e. The van der Waals surface area contributed by atoms with Gasteiger partial charge in [-0.15, -0.1) is 0 Å². The summed E-state index contributed by atoms with van der Waals surface area (Å²) in [5, 5.41) is 8.71. The molecule has 0 aromatic rings. The first kappa shape index (κ1) is 14.2. The Morgan fingerprint density at radius 2 is 2.18 bits per heavy atom. The zero-order valence-electron chi connectivity index (χ0n) is 11.0. The number of rotatable bonds is 8. The summed E-state index contributed by atoms with van der Waals surface area (Å²) in [6.45, 7) is 4.87. The van der Waals surface area contributed by atoms with Crippen LogP contribution in [0.5, 0.6) is 0 Å². The Hall–Kier alpha value is -0.830. The van der Waals surface area contributed by atoms with Crippen LogP contribution >= 0.6 is 0 Å². The van der Waals surface area contributed by atoms with Crippen LogP contribution in [-0.4, -0.2) is 35.6 Å². The average molecular weight is 239 g/mol. The molecule has 0 atom stereocenters. The minimum atomic E-state index is -0.692. The summed E-state index contributed by atoms with van der Waals surface area (Å²) in [6.07, 6.45) is 10.0. The molecule has 0 aromatic heterocycles. The highest BCUT2D eigenvalue weighted by molar-refractivity contribution is 5.66. The highest BCUT2D eigenvalue weighted by Gasteiger charge is 2.09. The second kappa shape index (κ2) is 8.29. The van der Waals surface area contributed by atoms with Gasteiger partial charge in [0.15, 0.2) is 0 Å². The van der Waals surface area contributed by atoms with Crippen molar-refractivity contribution >= 4 is 5.97 Å². The van der Waals surface area contributed by atoms with Gasteiger partial charge in [-0.25, -0.2) is 0 Å². The molecule has 0 saturated heterocycles. The first-order valence-electron chi connectivity index (χ1n) is 6.84. The number of hydrogen-bond acceptors (Lipinski definition) is 2. The van der Waals surface area contributed by atoms with Crippen LogP contribution < -0.4 is 0 Å². The third-order valence-electron chi connectivity index (χ3n) is 3.32. The van der Waals surface area contributed by atoms with Crippen molar-refractivity contribution in [1.82, 2.24) is 4.90 Å². The van der Waals surface area contributed by atoms with E-state index in [0.29, 0.717) is 6.54 Å². The van der Waals surface area contributed by atoms with E-state index in [1.807, 2.05) is 0 Å². The molecule has 0 fully saturated rings. The highest BCUT2D eigenvalue weighted by Crippen LogP contribution is 2.20. The van der Waals surface area contributed by atoms with Gasteiger partial charge >= 0.3 is 5.97 Å². The number of hydrogen-bond donors (Lipinski definition) is 1. The predicted molar refractivity (Wildman–Crippen MR) is 70.2 cm³/mol. The van der Waals surface area contributed by atoms with Crippen molar-refractivity contribution < 1.29 is 9.90 Å². The Morgan fingerprint density at radius 3 is 2.76 bits per heavy atom. The van der Waals surface area contributed by atoms with Gasteiger partial charge in [-0.1, -0.05) is 18.6 Å². The standard InChI is InChI=1S/C14H25NO2/c1-2-10-15(12-9-14(16)17)11-8-13-6-4-3-5-7-13/h6H,2-5,7-12H2,1H3,(H,16,17). The topological polar surface area (TPSA) is 40.5 Å². The van der Waals surface area contributed by atoms with E-state index in [2.05, 4.69) is 17.9 Å². The number of allylic oxidation sites excluding steroid dienone is 1. The Kier molecular flexibility index (Phi) is 6.94. The molecule has 98 valence electrons. The molecule has 0 heterocycles. The molecular formula is C14H25NO2. The quantitative estimate of drug-likeness (QED) is 0.662. The maximum atomic E-state index is 10.6. The van der Waals surface area contributed by atoms with Crippen molar-refractivity contribution in [2.24, 2.45) is 0 Å². The molecule has 0 aromatic carbocycles. The van der Waals surface area contributed by atoms with Gasteiger partial charge < -0.3 is 10.0 Å². The molecule has 17 heavy (non-hydrogen) atoms. The maximum absolute atomic E-state index is 10.6. The molecular weight excluding hydrogens is 214 g/mol. The van der Waals surface area contributed by atoms with Gasteiger partial charge in [-0.3, -0.25) is 4.79 Å². The molecule has 1 rings (SSSR count). The molecule has 0 unspecified atom stereocenters. The summed E-state index contributed by atoms with van der Waals surface area (Å²) in [6, 6.07) is 0. The van der Waals surface area contributed by atoms with Crippen molar-refractivity contribution in [2.45, 2.75) is 51.9 Å². The molecule has 1 aliphatic carbocycles. The molecule has 3 nitrogen and oxygen atoms in total. The molecule has 0 bridgehead atoms. The van der Waals surface area contributed by atoms with Gasteiger partial charge in [0.1, 0.15) is 0 Å². The lowest BCUT2D eigenvalue weighted by Crippen LogP contribution is -2.28. The smallest absolute Gasteiger partial charge is 0.304 e. The Bertz CT molecular complexity index is 261. The first-order chi connectivity index (χ1) is 8.22. The zero-order chi connectivity index (χ0) is 12.5. The summed E-state index contributed by atoms with van der Waals surface area (Å²) in [5.41, 5.74) is 1.58. The lowest BCUT2D eigenvalue weighted by Gasteiger charge is -2.22. The van der Waals surface area contributed by atoms with Crippen LogP contribution in [0.2, 0.25) is 0 Å². The average Bonchev–Trinajstić information content (AvgIpc) is 2.34. The van der Waals surface area contributed by atoms with E-state index in [4.69, 9.17) is 5.11 Å². The van der Waals surface area contributed by atoms with Gasteiger partial charge in [0.2, 0.25) is 0 Å². The fourth-order valence-corrected chi connectivity index (χ4v) is 2.34. The second-order valence-corrected chi connectivity index (χ2v) is 4.84. The molecule has 0 amide bonds. The minimum Gasteiger partial charge on any atom is -0.481 e. The minimum absolute atomic E-state index is 0.263. The van der Waals surface area contributed by atoms with Crippen molar-refractivity contribution in [1.29, 1.82) is 0 Å². The number of aliphatic carboxylic acids is 1. The van der Waals surface area contributed by atoms with Crippen LogP contribution in [0.3, 0.4) is 0 Å². The first-order valence-corrected chi connectivity index (χ1v) is 6.84. The Morgan fingerprint density at radius 1 is 1.35 bits per heavy atom. The lowest BCUT2D eigenvalue weighted by molar-refractivity contribution is -0.137. The summed E-state index contributed by atoms with van der Waals surface area (Å²) < 4.78 is 0. The van der Waals surface area contributed by atoms with E-state index in [1.54, 1.807) is 5.57 Å². The molecule has 0 aliphatic heterocycles. The normalized spacial score (nSPS) is 16.0. The fraction of sp³-hybridized carbons (Fsp3) is 0.786. The highest BCUT2D eigenvalue weighted by atomic mass is 16.4. The molecule has 1 N–H and O–H groups in total. The molecule has 3 heteroatoms. The maximum Gasteiger partial charge on any atom is 0.304 e. The third kappa shape index (κ3) is 6.47. The van der Waals surface area contributed by atoms with Crippen LogP contribution in [0, 0.1) is 0 Å². The number of carbonyl (C=O) groups is 1. The van der Waals surface area contributed by atoms with Crippen LogP contribution in [0.25, 0.3) is 0 Å². The number of nitrogens with zero attached hydrogens (tertiary/aromatic N) is 1. The zero-order valence-corrected chi connectivity index (χ0v) is 11.0. The molecule has 0 radical (unpaired) electrons. The molecule has 1 aliphatic rings. The van der Waals surface area contributed by atoms with Gasteiger partial charge in [0.25, 0.3) is 0 Å². The number of carboxylic acids is 1. The Balaban J connectivity index is 2.27. The van der Waals surface area contributed by atoms with Crippen LogP contribution in [0.4, 0.5) is 0 Å². The molecule has 0 saturated carbocycles. The van der Waals surface area contributed by atoms with Crippen LogP contribution in [0.1, 0.15) is 51.9 Å². The van der Waals surface area contributed by atoms with Crippen molar-refractivity contribution in [2.75, 3.05) is 19.6 Å². The summed E-state index contributed by atoms with van der Waals surface area (Å²) in [4.78, 5) is 12.9. The van der Waals surface area contributed by atoms with Crippen molar-refractivity contribution in [3.8, 4) is 0 Å². The van der Waals surface area contributed by atoms with Gasteiger partial charge in [-0.2, -0.15) is 0 Å². The van der Waals surface area contributed by atoms with E-state index >= 15 is 0 Å². The monoisotopic (exact) mass is 239 g/mol. The Labute approximate surface area is 105 Å². The SMILES string of the molecule is CCCN(CCC(=O)O)CCC1=CCCCC1. The third-order valence-corrected chi connectivity index (χ3v) is 3.32. The second-order valence-electron chi connectivity index (χ2n) is 4.84. The van der Waals surface area contributed by atoms with E-state index < -0.39 is 5.97 Å². The van der Waals surface area contributed by atoms with E-state index in [9.17, 15) is 4.79 Å². The van der Waals surface area contributed by atoms with Gasteiger partial charge in [0, 0.05) is 13.1 Å². The van der Waals surface area contributed by atoms with E-state index in [-0.39, 0.29) is 6.42 Å². The summed E-state index contributed by atoms with van der Waals surface area (Å²) in [7, 11) is 0. The lowest BCUT2D eigenvalue weighted by atomic mass is 9.97. The van der Waals surface area contributed by atoms with Crippen LogP contribution in [-0.2, 0) is 4.79 Å². The predicted octanol–water partition coefficient (Wildman–Crippen LogP) is 3.06. The number of carboxylic acid groups (broad SMARTS) is 1. The molecule has 0 spiro atoms. The summed E-state index contributed by atoms with van der Waals surface area (Å²) >= 11 is 0. The fourth-order valence-electron chi connectivity index (χ4n) is 2.34. The summed E-state index contributed by atoms with van der Waals surface area (Å²) in [5.74, 6) is -0.692. The van der Waals surface area contributed by atoms with Gasteiger partial charge in [-0.05, 0) is 45.1 Å².